The third-order valence-electron chi connectivity index (χ3n) is 2.65. The Balaban J connectivity index is 1.98. The Bertz CT molecular complexity index is 590. The Morgan fingerprint density at radius 3 is 2.42 bits per heavy atom. The molecule has 100 valence electrons. The summed E-state index contributed by atoms with van der Waals surface area (Å²) in [6.45, 7) is 1.27. The summed E-state index contributed by atoms with van der Waals surface area (Å²) in [5, 5.41) is 3.97. The van der Waals surface area contributed by atoms with Crippen LogP contribution in [0.15, 0.2) is 45.3 Å². The van der Waals surface area contributed by atoms with E-state index in [1.807, 2.05) is 18.2 Å². The van der Waals surface area contributed by atoms with Gasteiger partial charge in [0.2, 0.25) is 0 Å². The predicted octanol–water partition coefficient (Wildman–Crippen LogP) is 5.29. The second-order valence-corrected chi connectivity index (χ2v) is 6.22. The average molecular weight is 408 g/mol. The molecule has 0 aliphatic heterocycles. The Morgan fingerprint density at radius 2 is 1.68 bits per heavy atom. The minimum atomic E-state index is -0.229. The summed E-state index contributed by atoms with van der Waals surface area (Å²) in [6.07, 6.45) is 0. The highest BCUT2D eigenvalue weighted by Gasteiger charge is 2.03. The fraction of sp³-hybridized carbons (Fsp3) is 0.143. The Hall–Kier alpha value is -0.420. The molecular weight excluding hydrogens is 396 g/mol. The lowest BCUT2D eigenvalue weighted by molar-refractivity contribution is 0.619. The van der Waals surface area contributed by atoms with Crippen molar-refractivity contribution in [3.05, 3.63) is 67.3 Å². The molecule has 0 aromatic heterocycles. The monoisotopic (exact) mass is 405 g/mol. The van der Waals surface area contributed by atoms with E-state index >= 15 is 0 Å². The number of hydrogen-bond acceptors (Lipinski definition) is 1. The van der Waals surface area contributed by atoms with Crippen LogP contribution in [0.25, 0.3) is 0 Å². The molecule has 19 heavy (non-hydrogen) atoms. The van der Waals surface area contributed by atoms with Gasteiger partial charge in [-0.3, -0.25) is 0 Å². The van der Waals surface area contributed by atoms with Crippen molar-refractivity contribution < 1.29 is 4.39 Å². The van der Waals surface area contributed by atoms with Gasteiger partial charge in [0.15, 0.2) is 0 Å². The molecule has 5 heteroatoms. The zero-order valence-electron chi connectivity index (χ0n) is 9.89. The normalized spacial score (nSPS) is 10.7. The van der Waals surface area contributed by atoms with Gasteiger partial charge in [-0.2, -0.15) is 0 Å². The molecule has 1 N–H and O–H groups in total. The van der Waals surface area contributed by atoms with E-state index in [4.69, 9.17) is 11.6 Å². The van der Waals surface area contributed by atoms with Gasteiger partial charge >= 0.3 is 0 Å². The van der Waals surface area contributed by atoms with E-state index in [0.29, 0.717) is 18.1 Å². The smallest absolute Gasteiger partial charge is 0.123 e. The first-order chi connectivity index (χ1) is 9.06. The van der Waals surface area contributed by atoms with Gasteiger partial charge in [0.05, 0.1) is 0 Å². The Labute approximate surface area is 133 Å². The lowest BCUT2D eigenvalue weighted by Crippen LogP contribution is -2.13. The molecular formula is C14H11Br2ClFN. The molecule has 0 aliphatic rings. The van der Waals surface area contributed by atoms with E-state index in [2.05, 4.69) is 37.2 Å². The van der Waals surface area contributed by atoms with E-state index < -0.39 is 0 Å². The molecule has 0 amide bonds. The first-order valence-electron chi connectivity index (χ1n) is 5.65. The molecule has 0 atom stereocenters. The second kappa shape index (κ2) is 6.84. The summed E-state index contributed by atoms with van der Waals surface area (Å²) in [5.41, 5.74) is 2.00. The minimum Gasteiger partial charge on any atom is -0.309 e. The topological polar surface area (TPSA) is 12.0 Å². The number of nitrogens with one attached hydrogen (secondary N) is 1. The van der Waals surface area contributed by atoms with Gasteiger partial charge in [-0.15, -0.1) is 0 Å². The number of halogens is 4. The van der Waals surface area contributed by atoms with Crippen LogP contribution < -0.4 is 5.32 Å². The maximum Gasteiger partial charge on any atom is 0.123 e. The lowest BCUT2D eigenvalue weighted by atomic mass is 10.2. The Morgan fingerprint density at radius 1 is 0.947 bits per heavy atom. The summed E-state index contributed by atoms with van der Waals surface area (Å²) in [7, 11) is 0. The van der Waals surface area contributed by atoms with Crippen LogP contribution in [-0.4, -0.2) is 0 Å². The van der Waals surface area contributed by atoms with Crippen molar-refractivity contribution in [1.29, 1.82) is 0 Å². The zero-order valence-corrected chi connectivity index (χ0v) is 13.8. The summed E-state index contributed by atoms with van der Waals surface area (Å²) < 4.78 is 15.0. The molecule has 2 aromatic rings. The quantitative estimate of drug-likeness (QED) is 0.726. The van der Waals surface area contributed by atoms with Crippen molar-refractivity contribution in [1.82, 2.24) is 5.32 Å². The van der Waals surface area contributed by atoms with E-state index in [-0.39, 0.29) is 5.82 Å². The van der Waals surface area contributed by atoms with Crippen LogP contribution in [0.2, 0.25) is 5.02 Å². The van der Waals surface area contributed by atoms with Crippen LogP contribution >= 0.6 is 43.5 Å². The third-order valence-corrected chi connectivity index (χ3v) is 4.40. The molecule has 2 rings (SSSR count). The molecule has 1 nitrogen and oxygen atoms in total. The number of benzene rings is 2. The van der Waals surface area contributed by atoms with E-state index in [1.54, 1.807) is 6.07 Å². The molecule has 0 unspecified atom stereocenters. The minimum absolute atomic E-state index is 0.229. The third kappa shape index (κ3) is 4.28. The molecule has 2 aromatic carbocycles. The summed E-state index contributed by atoms with van der Waals surface area (Å²) in [6, 6.07) is 10.3. The van der Waals surface area contributed by atoms with Crippen LogP contribution in [0, 0.1) is 5.82 Å². The van der Waals surface area contributed by atoms with Crippen molar-refractivity contribution in [2.75, 3.05) is 0 Å². The average Bonchev–Trinajstić information content (AvgIpc) is 2.36. The van der Waals surface area contributed by atoms with Crippen LogP contribution in [0.5, 0.6) is 0 Å². The highest BCUT2D eigenvalue weighted by atomic mass is 79.9. The highest BCUT2D eigenvalue weighted by molar-refractivity contribution is 9.10. The Kier molecular flexibility index (Phi) is 5.39. The molecule has 0 spiro atoms. The van der Waals surface area contributed by atoms with E-state index in [1.165, 1.54) is 12.1 Å². The van der Waals surface area contributed by atoms with Crippen LogP contribution in [0.1, 0.15) is 11.1 Å². The van der Waals surface area contributed by atoms with Crippen molar-refractivity contribution in [3.8, 4) is 0 Å². The first-order valence-corrected chi connectivity index (χ1v) is 7.61. The zero-order chi connectivity index (χ0) is 13.8. The van der Waals surface area contributed by atoms with Gasteiger partial charge in [0, 0.05) is 27.1 Å². The molecule has 0 bridgehead atoms. The van der Waals surface area contributed by atoms with Gasteiger partial charge in [0.25, 0.3) is 0 Å². The van der Waals surface area contributed by atoms with Crippen LogP contribution in [-0.2, 0) is 13.1 Å². The fourth-order valence-electron chi connectivity index (χ4n) is 1.68. The van der Waals surface area contributed by atoms with E-state index in [0.717, 1.165) is 20.1 Å². The number of rotatable bonds is 4. The largest absolute Gasteiger partial charge is 0.309 e. The standard InChI is InChI=1S/C14H11Br2ClFN/c15-13-4-3-12(18)5-10(13)8-19-7-9-1-2-11(17)6-14(9)16/h1-6,19H,7-8H2. The maximum atomic E-state index is 13.1. The van der Waals surface area contributed by atoms with E-state index in [9.17, 15) is 4.39 Å². The van der Waals surface area contributed by atoms with Crippen LogP contribution in [0.3, 0.4) is 0 Å². The molecule has 0 saturated carbocycles. The first kappa shape index (κ1) is 15.0. The van der Waals surface area contributed by atoms with Crippen LogP contribution in [0.4, 0.5) is 4.39 Å². The molecule has 0 radical (unpaired) electrons. The SMILES string of the molecule is Fc1ccc(Br)c(CNCc2ccc(Cl)cc2Br)c1. The summed E-state index contributed by atoms with van der Waals surface area (Å²) >= 11 is 12.8. The van der Waals surface area contributed by atoms with Gasteiger partial charge in [-0.1, -0.05) is 49.5 Å². The van der Waals surface area contributed by atoms with Crippen molar-refractivity contribution >= 4 is 43.5 Å². The summed E-state index contributed by atoms with van der Waals surface area (Å²) in [4.78, 5) is 0. The van der Waals surface area contributed by atoms with Crippen molar-refractivity contribution in [3.63, 3.8) is 0 Å². The molecule has 0 fully saturated rings. The van der Waals surface area contributed by atoms with Gasteiger partial charge in [0.1, 0.15) is 5.82 Å². The van der Waals surface area contributed by atoms with Gasteiger partial charge in [-0.05, 0) is 41.5 Å². The maximum absolute atomic E-state index is 13.1. The van der Waals surface area contributed by atoms with Crippen molar-refractivity contribution in [2.45, 2.75) is 13.1 Å². The molecule has 0 aliphatic carbocycles. The van der Waals surface area contributed by atoms with Gasteiger partial charge in [-0.25, -0.2) is 4.39 Å². The highest BCUT2D eigenvalue weighted by Crippen LogP contribution is 2.22. The lowest BCUT2D eigenvalue weighted by Gasteiger charge is -2.09. The molecule has 0 heterocycles. The second-order valence-electron chi connectivity index (χ2n) is 4.08. The summed E-state index contributed by atoms with van der Waals surface area (Å²) in [5.74, 6) is -0.229. The number of hydrogen-bond donors (Lipinski definition) is 1. The fourth-order valence-corrected chi connectivity index (χ4v) is 2.89. The molecule has 0 saturated heterocycles. The van der Waals surface area contributed by atoms with Gasteiger partial charge < -0.3 is 5.32 Å². The van der Waals surface area contributed by atoms with Crippen molar-refractivity contribution in [2.24, 2.45) is 0 Å². The predicted molar refractivity (Wildman–Crippen MR) is 83.8 cm³/mol.